The van der Waals surface area contributed by atoms with Crippen molar-refractivity contribution in [2.45, 2.75) is 31.7 Å². The van der Waals surface area contributed by atoms with Crippen molar-refractivity contribution in [1.29, 1.82) is 0 Å². The van der Waals surface area contributed by atoms with Crippen LogP contribution in [-0.2, 0) is 10.2 Å². The highest BCUT2D eigenvalue weighted by Crippen LogP contribution is 2.34. The summed E-state index contributed by atoms with van der Waals surface area (Å²) in [5.74, 6) is 2.62. The fraction of sp³-hybridized carbons (Fsp3) is 0.148. The number of aromatic amines is 1. The van der Waals surface area contributed by atoms with E-state index in [9.17, 15) is 17.1 Å². The number of aryl methyl sites for hydroxylation is 1. The summed E-state index contributed by atoms with van der Waals surface area (Å²) >= 11 is 0. The Hall–Kier alpha value is -3.89. The molecule has 5 aromatic rings. The lowest BCUT2D eigenvalue weighted by Crippen LogP contribution is -2.13. The van der Waals surface area contributed by atoms with E-state index in [0.29, 0.717) is 33.1 Å². The summed E-state index contributed by atoms with van der Waals surface area (Å²) < 4.78 is 38.6. The van der Waals surface area contributed by atoms with Gasteiger partial charge in [-0.1, -0.05) is 24.1 Å². The Morgan fingerprint density at radius 1 is 1.06 bits per heavy atom. The molecule has 0 fully saturated rings. The Morgan fingerprint density at radius 2 is 1.82 bits per heavy atom. The van der Waals surface area contributed by atoms with Gasteiger partial charge >= 0.3 is 10.2 Å². The summed E-state index contributed by atoms with van der Waals surface area (Å²) in [6, 6.07) is 15.0. The second-order valence-corrected chi connectivity index (χ2v) is 10.0. The first-order chi connectivity index (χ1) is 16.1. The molecular weight excluding hydrogens is 451 g/mol. The molecular formula is C27H21FN2O3S. The van der Waals surface area contributed by atoms with E-state index in [2.05, 4.69) is 15.5 Å². The Balaban J connectivity index is 1.91. The van der Waals surface area contributed by atoms with E-state index in [4.69, 9.17) is 6.42 Å². The predicted molar refractivity (Wildman–Crippen MR) is 134 cm³/mol. The summed E-state index contributed by atoms with van der Waals surface area (Å²) in [4.78, 5) is 16.7. The number of hydrogen-bond donors (Lipinski definition) is 1. The number of H-pyrrole nitrogens is 1. The maximum atomic E-state index is 13.7. The van der Waals surface area contributed by atoms with E-state index < -0.39 is 15.1 Å². The average molecular weight is 473 g/mol. The van der Waals surface area contributed by atoms with Gasteiger partial charge in [0.2, 0.25) is 0 Å². The van der Waals surface area contributed by atoms with Gasteiger partial charge in [0, 0.05) is 27.9 Å². The largest absolute Gasteiger partial charge is 0.340 e. The Labute approximate surface area is 196 Å². The van der Waals surface area contributed by atoms with E-state index in [0.717, 1.165) is 22.0 Å². The van der Waals surface area contributed by atoms with Gasteiger partial charge < -0.3 is 9.55 Å². The molecule has 34 heavy (non-hydrogen) atoms. The van der Waals surface area contributed by atoms with E-state index in [1.165, 1.54) is 18.2 Å². The number of terminal acetylenes is 1. The number of fused-ring (bicyclic) bond motifs is 4. The zero-order valence-electron chi connectivity index (χ0n) is 18.8. The highest BCUT2D eigenvalue weighted by molar-refractivity contribution is 7.86. The molecule has 0 amide bonds. The third-order valence-electron chi connectivity index (χ3n) is 6.20. The molecule has 0 saturated carbocycles. The summed E-state index contributed by atoms with van der Waals surface area (Å²) in [7, 11) is -4.84. The van der Waals surface area contributed by atoms with E-state index >= 15 is 0 Å². The predicted octanol–water partition coefficient (Wildman–Crippen LogP) is 5.83. The first-order valence-electron chi connectivity index (χ1n) is 10.8. The number of benzene rings is 3. The van der Waals surface area contributed by atoms with Crippen LogP contribution in [-0.4, -0.2) is 18.0 Å². The topological polar surface area (TPSA) is 71.9 Å². The third kappa shape index (κ3) is 3.30. The summed E-state index contributed by atoms with van der Waals surface area (Å²) in [5, 5.41) is 1.95. The fourth-order valence-corrected chi connectivity index (χ4v) is 5.19. The van der Waals surface area contributed by atoms with Crippen LogP contribution in [0, 0.1) is 19.3 Å². The van der Waals surface area contributed by atoms with Crippen LogP contribution in [0.15, 0.2) is 64.3 Å². The lowest BCUT2D eigenvalue weighted by atomic mass is 9.97. The standard InChI is InChI=1S/C27H21FN2O3S/c1-5-17-9-10-20-23(12-17)29-27-25(20)26(31)22-11-16(4)21(14-24(22)30(27)15(2)3)18-7-6-8-19(13-18)34(28,32)33/h1,6-15,29H,2-4H3. The molecule has 2 heterocycles. The molecule has 5 rings (SSSR count). The quantitative estimate of drug-likeness (QED) is 0.265. The Bertz CT molecular complexity index is 1860. The number of hydrogen-bond acceptors (Lipinski definition) is 3. The van der Waals surface area contributed by atoms with Gasteiger partial charge in [0.25, 0.3) is 0 Å². The highest BCUT2D eigenvalue weighted by Gasteiger charge is 2.20. The zero-order chi connectivity index (χ0) is 24.4. The highest BCUT2D eigenvalue weighted by atomic mass is 32.3. The smallest absolute Gasteiger partial charge is 0.332 e. The van der Waals surface area contributed by atoms with Crippen LogP contribution in [0.5, 0.6) is 0 Å². The van der Waals surface area contributed by atoms with Gasteiger partial charge in [-0.05, 0) is 73.9 Å². The maximum Gasteiger partial charge on any atom is 0.332 e. The third-order valence-corrected chi connectivity index (χ3v) is 7.02. The zero-order valence-corrected chi connectivity index (χ0v) is 19.6. The molecule has 0 aliphatic heterocycles. The summed E-state index contributed by atoms with van der Waals surface area (Å²) in [6.45, 7) is 5.90. The Kier molecular flexibility index (Phi) is 4.88. The van der Waals surface area contributed by atoms with Crippen LogP contribution in [0.2, 0.25) is 0 Å². The Morgan fingerprint density at radius 3 is 2.50 bits per heavy atom. The molecule has 170 valence electrons. The molecule has 3 aromatic carbocycles. The summed E-state index contributed by atoms with van der Waals surface area (Å²) in [6.07, 6.45) is 5.56. The van der Waals surface area contributed by atoms with Gasteiger partial charge in [0.15, 0.2) is 5.43 Å². The van der Waals surface area contributed by atoms with Crippen LogP contribution >= 0.6 is 0 Å². The van der Waals surface area contributed by atoms with Crippen molar-refractivity contribution in [2.24, 2.45) is 0 Å². The minimum Gasteiger partial charge on any atom is -0.340 e. The fourth-order valence-electron chi connectivity index (χ4n) is 4.68. The molecule has 2 aromatic heterocycles. The van der Waals surface area contributed by atoms with E-state index in [1.807, 2.05) is 51.1 Å². The molecule has 0 aliphatic carbocycles. The van der Waals surface area contributed by atoms with Crippen LogP contribution in [0.1, 0.15) is 31.0 Å². The monoisotopic (exact) mass is 472 g/mol. The van der Waals surface area contributed by atoms with Crippen LogP contribution < -0.4 is 5.43 Å². The molecule has 5 nitrogen and oxygen atoms in total. The second kappa shape index (κ2) is 7.57. The molecule has 0 saturated heterocycles. The number of nitrogens with one attached hydrogen (secondary N) is 1. The van der Waals surface area contributed by atoms with Crippen molar-refractivity contribution < 1.29 is 12.3 Å². The normalized spacial score (nSPS) is 12.1. The van der Waals surface area contributed by atoms with Gasteiger partial charge in [-0.2, -0.15) is 8.42 Å². The number of rotatable bonds is 3. The van der Waals surface area contributed by atoms with Crippen molar-refractivity contribution in [3.8, 4) is 23.5 Å². The lowest BCUT2D eigenvalue weighted by Gasteiger charge is -2.19. The lowest BCUT2D eigenvalue weighted by molar-refractivity contribution is 0.552. The van der Waals surface area contributed by atoms with Crippen molar-refractivity contribution >= 4 is 43.1 Å². The SMILES string of the molecule is C#Cc1ccc2c(c1)[nH]c1c2c(=O)c2cc(C)c(-c3cccc(S(=O)(=O)F)c3)cc2n1C(C)C. The minimum atomic E-state index is -4.84. The first-order valence-corrected chi connectivity index (χ1v) is 12.1. The molecule has 0 radical (unpaired) electrons. The number of halogens is 1. The van der Waals surface area contributed by atoms with Crippen molar-refractivity contribution in [3.63, 3.8) is 0 Å². The molecule has 0 unspecified atom stereocenters. The molecule has 0 aliphatic rings. The van der Waals surface area contributed by atoms with Gasteiger partial charge in [-0.25, -0.2) is 0 Å². The minimum absolute atomic E-state index is 0.00104. The van der Waals surface area contributed by atoms with E-state index in [1.54, 1.807) is 6.07 Å². The molecule has 7 heteroatoms. The van der Waals surface area contributed by atoms with Gasteiger partial charge in [-0.3, -0.25) is 4.79 Å². The van der Waals surface area contributed by atoms with Crippen LogP contribution in [0.3, 0.4) is 0 Å². The number of aromatic nitrogens is 2. The second-order valence-electron chi connectivity index (χ2n) is 8.70. The molecule has 0 bridgehead atoms. The van der Waals surface area contributed by atoms with Crippen molar-refractivity contribution in [1.82, 2.24) is 9.55 Å². The van der Waals surface area contributed by atoms with E-state index in [-0.39, 0.29) is 11.5 Å². The van der Waals surface area contributed by atoms with Crippen LogP contribution in [0.25, 0.3) is 44.0 Å². The molecule has 0 spiro atoms. The maximum absolute atomic E-state index is 13.7. The average Bonchev–Trinajstić information content (AvgIpc) is 3.17. The van der Waals surface area contributed by atoms with Crippen molar-refractivity contribution in [3.05, 3.63) is 75.9 Å². The van der Waals surface area contributed by atoms with Crippen LogP contribution in [0.4, 0.5) is 3.89 Å². The van der Waals surface area contributed by atoms with Gasteiger partial charge in [0.05, 0.1) is 15.8 Å². The van der Waals surface area contributed by atoms with Gasteiger partial charge in [0.1, 0.15) is 5.65 Å². The van der Waals surface area contributed by atoms with Gasteiger partial charge in [-0.15, -0.1) is 10.3 Å². The molecule has 1 N–H and O–H groups in total. The number of pyridine rings is 1. The number of nitrogens with zero attached hydrogens (tertiary/aromatic N) is 1. The van der Waals surface area contributed by atoms with Crippen molar-refractivity contribution in [2.75, 3.05) is 0 Å². The molecule has 0 atom stereocenters. The first kappa shape index (κ1) is 21.9. The summed E-state index contributed by atoms with van der Waals surface area (Å²) in [5.41, 5.74) is 4.83.